The molecular formula is C24H38N4O3. The number of piperazine rings is 1. The van der Waals surface area contributed by atoms with Crippen LogP contribution in [-0.2, 0) is 11.3 Å². The third-order valence-corrected chi connectivity index (χ3v) is 7.05. The van der Waals surface area contributed by atoms with Gasteiger partial charge in [0, 0.05) is 59.3 Å². The van der Waals surface area contributed by atoms with Gasteiger partial charge in [-0.1, -0.05) is 19.1 Å². The van der Waals surface area contributed by atoms with Gasteiger partial charge in [0.2, 0.25) is 0 Å². The highest BCUT2D eigenvalue weighted by Gasteiger charge is 2.44. The van der Waals surface area contributed by atoms with Crippen molar-refractivity contribution in [3.8, 4) is 5.75 Å². The highest BCUT2D eigenvalue weighted by Crippen LogP contribution is 2.33. The van der Waals surface area contributed by atoms with Crippen LogP contribution in [0.25, 0.3) is 0 Å². The molecule has 1 aromatic rings. The predicted molar refractivity (Wildman–Crippen MR) is 121 cm³/mol. The molecule has 0 bridgehead atoms. The zero-order valence-electron chi connectivity index (χ0n) is 19.2. The van der Waals surface area contributed by atoms with Crippen LogP contribution in [0.2, 0.25) is 0 Å². The molecule has 3 saturated heterocycles. The summed E-state index contributed by atoms with van der Waals surface area (Å²) in [5.74, 6) is 0.951. The van der Waals surface area contributed by atoms with Gasteiger partial charge < -0.3 is 19.3 Å². The fourth-order valence-corrected chi connectivity index (χ4v) is 5.00. The molecule has 1 amide bonds. The Morgan fingerprint density at radius 3 is 2.39 bits per heavy atom. The lowest BCUT2D eigenvalue weighted by atomic mass is 9.95. The van der Waals surface area contributed by atoms with Crippen LogP contribution in [0.3, 0.4) is 0 Å². The van der Waals surface area contributed by atoms with E-state index in [0.29, 0.717) is 0 Å². The molecule has 0 saturated carbocycles. The highest BCUT2D eigenvalue weighted by molar-refractivity contribution is 5.70. The summed E-state index contributed by atoms with van der Waals surface area (Å²) in [6, 6.07) is 8.55. The van der Waals surface area contributed by atoms with E-state index in [4.69, 9.17) is 9.47 Å². The van der Waals surface area contributed by atoms with Gasteiger partial charge in [-0.05, 0) is 43.6 Å². The average Bonchev–Trinajstić information content (AvgIpc) is 2.93. The molecule has 3 heterocycles. The minimum absolute atomic E-state index is 0.174. The van der Waals surface area contributed by atoms with Crippen molar-refractivity contribution in [3.63, 3.8) is 0 Å². The van der Waals surface area contributed by atoms with Gasteiger partial charge in [-0.3, -0.25) is 9.80 Å². The van der Waals surface area contributed by atoms with E-state index < -0.39 is 0 Å². The molecule has 7 heteroatoms. The predicted octanol–water partition coefficient (Wildman–Crippen LogP) is 2.51. The number of carbonyl (C=O) groups is 1. The van der Waals surface area contributed by atoms with Crippen molar-refractivity contribution in [2.75, 3.05) is 72.6 Å². The van der Waals surface area contributed by atoms with Crippen molar-refractivity contribution in [2.45, 2.75) is 38.3 Å². The van der Waals surface area contributed by atoms with Crippen molar-refractivity contribution < 1.29 is 14.3 Å². The first-order valence-corrected chi connectivity index (χ1v) is 11.9. The van der Waals surface area contributed by atoms with Crippen LogP contribution in [0.4, 0.5) is 4.79 Å². The van der Waals surface area contributed by atoms with Crippen molar-refractivity contribution in [1.29, 1.82) is 0 Å². The van der Waals surface area contributed by atoms with Crippen LogP contribution in [0.1, 0.15) is 31.7 Å². The number of likely N-dealkylation sites (N-methyl/N-ethyl adjacent to an activating group) is 2. The maximum Gasteiger partial charge on any atom is 0.410 e. The first-order valence-electron chi connectivity index (χ1n) is 11.9. The average molecular weight is 431 g/mol. The Morgan fingerprint density at radius 1 is 0.968 bits per heavy atom. The van der Waals surface area contributed by atoms with Gasteiger partial charge in [0.05, 0.1) is 6.54 Å². The third-order valence-electron chi connectivity index (χ3n) is 7.05. The second-order valence-corrected chi connectivity index (χ2v) is 9.31. The van der Waals surface area contributed by atoms with Crippen LogP contribution < -0.4 is 4.74 Å². The lowest BCUT2D eigenvalue weighted by Crippen LogP contribution is -2.47. The summed E-state index contributed by atoms with van der Waals surface area (Å²) in [5, 5.41) is 0. The molecule has 0 aromatic heterocycles. The van der Waals surface area contributed by atoms with E-state index in [-0.39, 0.29) is 11.7 Å². The number of carbonyl (C=O) groups excluding carboxylic acids is 1. The van der Waals surface area contributed by atoms with Gasteiger partial charge in [0.1, 0.15) is 18.0 Å². The molecule has 0 aliphatic carbocycles. The van der Waals surface area contributed by atoms with Crippen molar-refractivity contribution in [3.05, 3.63) is 29.8 Å². The maximum absolute atomic E-state index is 11.8. The van der Waals surface area contributed by atoms with E-state index in [9.17, 15) is 4.79 Å². The summed E-state index contributed by atoms with van der Waals surface area (Å²) in [7, 11) is 1.83. The Balaban J connectivity index is 1.19. The highest BCUT2D eigenvalue weighted by atomic mass is 16.6. The van der Waals surface area contributed by atoms with Crippen LogP contribution >= 0.6 is 0 Å². The van der Waals surface area contributed by atoms with Crippen LogP contribution in [0, 0.1) is 0 Å². The third kappa shape index (κ3) is 5.90. The molecular weight excluding hydrogens is 392 g/mol. The molecule has 3 aliphatic heterocycles. The Labute approximate surface area is 186 Å². The van der Waals surface area contributed by atoms with Crippen LogP contribution in [-0.4, -0.2) is 104 Å². The SMILES string of the molecule is CCN1CCN(CCOc2ccc(CN3CCCC4(CC3)CN(C)C(=O)O4)cc2)CC1. The zero-order valence-corrected chi connectivity index (χ0v) is 19.2. The second-order valence-electron chi connectivity index (χ2n) is 9.31. The molecule has 1 atom stereocenters. The number of nitrogens with zero attached hydrogens (tertiary/aromatic N) is 4. The van der Waals surface area contributed by atoms with Gasteiger partial charge in [-0.25, -0.2) is 4.79 Å². The maximum atomic E-state index is 11.8. The molecule has 3 aliphatic rings. The van der Waals surface area contributed by atoms with Gasteiger partial charge in [-0.2, -0.15) is 0 Å². The summed E-state index contributed by atoms with van der Waals surface area (Å²) < 4.78 is 11.7. The van der Waals surface area contributed by atoms with Gasteiger partial charge in [-0.15, -0.1) is 0 Å². The Morgan fingerprint density at radius 2 is 1.71 bits per heavy atom. The molecule has 1 aromatic carbocycles. The van der Waals surface area contributed by atoms with Gasteiger partial charge in [0.15, 0.2) is 0 Å². The largest absolute Gasteiger partial charge is 0.492 e. The number of hydrogen-bond donors (Lipinski definition) is 0. The molecule has 0 N–H and O–H groups in total. The Kier molecular flexibility index (Phi) is 7.35. The standard InChI is InChI=1S/C24H38N4O3/c1-3-26-13-15-27(16-14-26)17-18-30-22-7-5-21(6-8-22)19-28-11-4-9-24(10-12-28)20-25(2)23(29)31-24/h5-8H,3-4,9-20H2,1-2H3. The number of likely N-dealkylation sites (tertiary alicyclic amines) is 1. The first kappa shape index (κ1) is 22.4. The lowest BCUT2D eigenvalue weighted by Gasteiger charge is -2.33. The Hall–Kier alpha value is -1.83. The monoisotopic (exact) mass is 430 g/mol. The molecule has 0 radical (unpaired) electrons. The number of amides is 1. The van der Waals surface area contributed by atoms with Gasteiger partial charge >= 0.3 is 6.09 Å². The van der Waals surface area contributed by atoms with E-state index in [0.717, 1.165) is 84.0 Å². The second kappa shape index (κ2) is 10.2. The number of hydrogen-bond acceptors (Lipinski definition) is 6. The summed E-state index contributed by atoms with van der Waals surface area (Å²) in [6.45, 7) is 13.4. The molecule has 1 spiro atoms. The number of rotatable bonds is 7. The van der Waals surface area contributed by atoms with Crippen molar-refractivity contribution in [1.82, 2.24) is 19.6 Å². The minimum atomic E-state index is -0.276. The normalized spacial score (nSPS) is 26.3. The fraction of sp³-hybridized carbons (Fsp3) is 0.708. The van der Waals surface area contributed by atoms with Crippen LogP contribution in [0.5, 0.6) is 5.75 Å². The summed E-state index contributed by atoms with van der Waals surface area (Å²) >= 11 is 0. The molecule has 1 unspecified atom stereocenters. The van der Waals surface area contributed by atoms with Gasteiger partial charge in [0.25, 0.3) is 0 Å². The summed E-state index contributed by atoms with van der Waals surface area (Å²) in [4.78, 5) is 21.0. The minimum Gasteiger partial charge on any atom is -0.492 e. The van der Waals surface area contributed by atoms with E-state index in [1.807, 2.05) is 7.05 Å². The lowest BCUT2D eigenvalue weighted by molar-refractivity contribution is 0.0443. The topological polar surface area (TPSA) is 48.5 Å². The van der Waals surface area contributed by atoms with E-state index >= 15 is 0 Å². The van der Waals surface area contributed by atoms with E-state index in [1.165, 1.54) is 18.7 Å². The molecule has 3 fully saturated rings. The number of ether oxygens (including phenoxy) is 2. The molecule has 172 valence electrons. The summed E-state index contributed by atoms with van der Waals surface area (Å²) in [5.41, 5.74) is 1.03. The first-order chi connectivity index (χ1) is 15.0. The van der Waals surface area contributed by atoms with Crippen molar-refractivity contribution >= 4 is 6.09 Å². The smallest absolute Gasteiger partial charge is 0.410 e. The summed E-state index contributed by atoms with van der Waals surface area (Å²) in [6.07, 6.45) is 2.76. The molecule has 7 nitrogen and oxygen atoms in total. The molecule has 31 heavy (non-hydrogen) atoms. The fourth-order valence-electron chi connectivity index (χ4n) is 5.00. The number of benzene rings is 1. The van der Waals surface area contributed by atoms with Crippen molar-refractivity contribution in [2.24, 2.45) is 0 Å². The van der Waals surface area contributed by atoms with E-state index in [1.54, 1.807) is 4.90 Å². The van der Waals surface area contributed by atoms with E-state index in [2.05, 4.69) is 45.9 Å². The van der Waals surface area contributed by atoms with Crippen LogP contribution in [0.15, 0.2) is 24.3 Å². The molecule has 4 rings (SSSR count). The Bertz CT molecular complexity index is 720. The quantitative estimate of drug-likeness (QED) is 0.663. The zero-order chi connectivity index (χ0) is 21.7.